The Labute approximate surface area is 98.7 Å². The summed E-state index contributed by atoms with van der Waals surface area (Å²) in [5.41, 5.74) is 0. The van der Waals surface area contributed by atoms with Crippen molar-refractivity contribution < 1.29 is 24.2 Å². The standard InChI is InChI=1S/C10H15ClO5/c1-5(2)9(16-7(12)4-11)8(13)6(3)10(14)15/h5-6,9H,4H2,1-3H3,(H,14,15). The predicted octanol–water partition coefficient (Wildman–Crippen LogP) is 1.08. The van der Waals surface area contributed by atoms with Crippen molar-refractivity contribution in [2.45, 2.75) is 26.9 Å². The Morgan fingerprint density at radius 2 is 1.75 bits per heavy atom. The number of esters is 1. The Kier molecular flexibility index (Phi) is 6.03. The molecule has 0 aliphatic rings. The van der Waals surface area contributed by atoms with Gasteiger partial charge in [-0.1, -0.05) is 13.8 Å². The molecule has 0 fully saturated rings. The molecule has 1 N–H and O–H groups in total. The van der Waals surface area contributed by atoms with Gasteiger partial charge in [0.25, 0.3) is 0 Å². The van der Waals surface area contributed by atoms with Gasteiger partial charge in [0.05, 0.1) is 0 Å². The molecular weight excluding hydrogens is 236 g/mol. The van der Waals surface area contributed by atoms with E-state index < -0.39 is 29.7 Å². The lowest BCUT2D eigenvalue weighted by atomic mass is 9.94. The Morgan fingerprint density at radius 3 is 2.06 bits per heavy atom. The number of hydrogen-bond donors (Lipinski definition) is 1. The molecule has 0 aromatic heterocycles. The van der Waals surface area contributed by atoms with E-state index in [2.05, 4.69) is 0 Å². The van der Waals surface area contributed by atoms with Crippen LogP contribution in [0.1, 0.15) is 20.8 Å². The molecule has 92 valence electrons. The summed E-state index contributed by atoms with van der Waals surface area (Å²) in [6, 6.07) is 0. The molecule has 5 nitrogen and oxygen atoms in total. The first-order chi connectivity index (χ1) is 7.31. The maximum atomic E-state index is 11.7. The Morgan fingerprint density at radius 1 is 1.25 bits per heavy atom. The highest BCUT2D eigenvalue weighted by Crippen LogP contribution is 2.14. The number of carboxylic acid groups (broad SMARTS) is 1. The van der Waals surface area contributed by atoms with Gasteiger partial charge in [0.15, 0.2) is 11.9 Å². The molecule has 0 aromatic rings. The van der Waals surface area contributed by atoms with Crippen LogP contribution < -0.4 is 0 Å². The third kappa shape index (κ3) is 4.18. The summed E-state index contributed by atoms with van der Waals surface area (Å²) in [6.45, 7) is 4.59. The number of hydrogen-bond acceptors (Lipinski definition) is 4. The molecular formula is C10H15ClO5. The zero-order valence-corrected chi connectivity index (χ0v) is 10.2. The van der Waals surface area contributed by atoms with Gasteiger partial charge < -0.3 is 9.84 Å². The van der Waals surface area contributed by atoms with Crippen molar-refractivity contribution in [1.82, 2.24) is 0 Å². The van der Waals surface area contributed by atoms with E-state index in [9.17, 15) is 14.4 Å². The number of carboxylic acids is 1. The van der Waals surface area contributed by atoms with Crippen LogP contribution in [0.2, 0.25) is 0 Å². The topological polar surface area (TPSA) is 80.7 Å². The van der Waals surface area contributed by atoms with Crippen LogP contribution in [0.4, 0.5) is 0 Å². The first-order valence-corrected chi connectivity index (χ1v) is 5.36. The summed E-state index contributed by atoms with van der Waals surface area (Å²) in [7, 11) is 0. The largest absolute Gasteiger partial charge is 0.481 e. The number of Topliss-reactive ketones (excluding diaryl/α,β-unsaturated/α-hetero) is 1. The van der Waals surface area contributed by atoms with Crippen LogP contribution in [0.15, 0.2) is 0 Å². The summed E-state index contributed by atoms with van der Waals surface area (Å²) >= 11 is 5.25. The highest BCUT2D eigenvalue weighted by atomic mass is 35.5. The number of carbonyl (C=O) groups excluding carboxylic acids is 2. The molecule has 0 aliphatic heterocycles. The van der Waals surface area contributed by atoms with Crippen molar-refractivity contribution >= 4 is 29.3 Å². The Bertz CT molecular complexity index is 287. The lowest BCUT2D eigenvalue weighted by Gasteiger charge is -2.21. The number of aliphatic carboxylic acids is 1. The van der Waals surface area contributed by atoms with Gasteiger partial charge >= 0.3 is 11.9 Å². The quantitative estimate of drug-likeness (QED) is 0.433. The van der Waals surface area contributed by atoms with Crippen molar-refractivity contribution in [1.29, 1.82) is 0 Å². The van der Waals surface area contributed by atoms with Crippen LogP contribution in [0.5, 0.6) is 0 Å². The van der Waals surface area contributed by atoms with Crippen LogP contribution in [-0.2, 0) is 19.1 Å². The molecule has 2 atom stereocenters. The SMILES string of the molecule is CC(C(=O)O)C(=O)C(OC(=O)CCl)C(C)C. The fourth-order valence-electron chi connectivity index (χ4n) is 1.06. The first-order valence-electron chi connectivity index (χ1n) is 4.83. The van der Waals surface area contributed by atoms with Gasteiger partial charge in [-0.2, -0.15) is 0 Å². The smallest absolute Gasteiger partial charge is 0.321 e. The van der Waals surface area contributed by atoms with Crippen molar-refractivity contribution in [3.8, 4) is 0 Å². The van der Waals surface area contributed by atoms with Gasteiger partial charge in [-0.05, 0) is 12.8 Å². The molecule has 0 amide bonds. The van der Waals surface area contributed by atoms with Crippen LogP contribution >= 0.6 is 11.6 Å². The van der Waals surface area contributed by atoms with Gasteiger partial charge in [-0.25, -0.2) is 0 Å². The van der Waals surface area contributed by atoms with E-state index in [1.165, 1.54) is 6.92 Å². The summed E-state index contributed by atoms with van der Waals surface area (Å²) in [5.74, 6) is -4.44. The number of carbonyl (C=O) groups is 3. The Balaban J connectivity index is 4.72. The lowest BCUT2D eigenvalue weighted by molar-refractivity contribution is -0.160. The number of rotatable bonds is 6. The van der Waals surface area contributed by atoms with Gasteiger partial charge in [0, 0.05) is 0 Å². The maximum Gasteiger partial charge on any atom is 0.321 e. The van der Waals surface area contributed by atoms with Crippen molar-refractivity contribution in [3.05, 3.63) is 0 Å². The van der Waals surface area contributed by atoms with E-state index in [4.69, 9.17) is 21.4 Å². The number of ketones is 1. The summed E-state index contributed by atoms with van der Waals surface area (Å²) in [6.07, 6.45) is -1.06. The van der Waals surface area contributed by atoms with Crippen molar-refractivity contribution in [3.63, 3.8) is 0 Å². The summed E-state index contributed by atoms with van der Waals surface area (Å²) < 4.78 is 4.81. The lowest BCUT2D eigenvalue weighted by Crippen LogP contribution is -2.38. The fourth-order valence-corrected chi connectivity index (χ4v) is 1.13. The summed E-state index contributed by atoms with van der Waals surface area (Å²) in [4.78, 5) is 33.3. The molecule has 0 bridgehead atoms. The van der Waals surface area contributed by atoms with Crippen LogP contribution in [0.25, 0.3) is 0 Å². The zero-order chi connectivity index (χ0) is 12.9. The Hall–Kier alpha value is -1.10. The molecule has 2 unspecified atom stereocenters. The number of halogens is 1. The average Bonchev–Trinajstić information content (AvgIpc) is 2.22. The van der Waals surface area contributed by atoms with Crippen molar-refractivity contribution in [2.24, 2.45) is 11.8 Å². The zero-order valence-electron chi connectivity index (χ0n) is 9.40. The first kappa shape index (κ1) is 14.9. The monoisotopic (exact) mass is 250 g/mol. The van der Waals surface area contributed by atoms with E-state index >= 15 is 0 Å². The van der Waals surface area contributed by atoms with E-state index in [-0.39, 0.29) is 11.8 Å². The minimum absolute atomic E-state index is 0.290. The normalized spacial score (nSPS) is 14.3. The third-order valence-electron chi connectivity index (χ3n) is 2.05. The molecule has 0 rings (SSSR count). The molecule has 16 heavy (non-hydrogen) atoms. The molecule has 0 saturated heterocycles. The van der Waals surface area contributed by atoms with Crippen LogP contribution in [0.3, 0.4) is 0 Å². The maximum absolute atomic E-state index is 11.7. The molecule has 0 spiro atoms. The fraction of sp³-hybridized carbons (Fsp3) is 0.700. The van der Waals surface area contributed by atoms with E-state index in [0.29, 0.717) is 0 Å². The van der Waals surface area contributed by atoms with E-state index in [1.807, 2.05) is 0 Å². The molecule has 0 aliphatic carbocycles. The highest BCUT2D eigenvalue weighted by Gasteiger charge is 2.33. The molecule has 0 radical (unpaired) electrons. The van der Waals surface area contributed by atoms with Gasteiger partial charge in [-0.15, -0.1) is 11.6 Å². The number of ether oxygens (including phenoxy) is 1. The van der Waals surface area contributed by atoms with Crippen LogP contribution in [-0.4, -0.2) is 34.8 Å². The molecule has 0 heterocycles. The van der Waals surface area contributed by atoms with Gasteiger partial charge in [-0.3, -0.25) is 14.4 Å². The highest BCUT2D eigenvalue weighted by molar-refractivity contribution is 6.26. The van der Waals surface area contributed by atoms with Gasteiger partial charge in [0.2, 0.25) is 0 Å². The van der Waals surface area contributed by atoms with Gasteiger partial charge in [0.1, 0.15) is 11.8 Å². The second kappa shape index (κ2) is 6.48. The average molecular weight is 251 g/mol. The molecule has 6 heteroatoms. The van der Waals surface area contributed by atoms with E-state index in [1.54, 1.807) is 13.8 Å². The molecule has 0 saturated carbocycles. The predicted molar refractivity (Wildman–Crippen MR) is 57.2 cm³/mol. The van der Waals surface area contributed by atoms with Crippen LogP contribution in [0, 0.1) is 11.8 Å². The second-order valence-electron chi connectivity index (χ2n) is 3.75. The summed E-state index contributed by atoms with van der Waals surface area (Å²) in [5, 5.41) is 8.69. The minimum atomic E-state index is -1.24. The minimum Gasteiger partial charge on any atom is -0.481 e. The number of alkyl halides is 1. The van der Waals surface area contributed by atoms with Crippen molar-refractivity contribution in [2.75, 3.05) is 5.88 Å². The van der Waals surface area contributed by atoms with E-state index in [0.717, 1.165) is 0 Å². The molecule has 0 aromatic carbocycles. The second-order valence-corrected chi connectivity index (χ2v) is 4.02. The third-order valence-corrected chi connectivity index (χ3v) is 2.27.